The van der Waals surface area contributed by atoms with Gasteiger partial charge in [0.1, 0.15) is 0 Å². The van der Waals surface area contributed by atoms with Crippen molar-refractivity contribution in [1.29, 1.82) is 0 Å². The van der Waals surface area contributed by atoms with Crippen LogP contribution < -0.4 is 5.32 Å². The summed E-state index contributed by atoms with van der Waals surface area (Å²) in [6.45, 7) is 8.52. The van der Waals surface area contributed by atoms with Crippen LogP contribution in [0, 0.1) is 5.92 Å². The first-order valence-electron chi connectivity index (χ1n) is 6.26. The lowest BCUT2D eigenvalue weighted by atomic mass is 10.1. The Morgan fingerprint density at radius 2 is 2.06 bits per heavy atom. The molecular formula is C14H23ClN2. The highest BCUT2D eigenvalue weighted by molar-refractivity contribution is 6.31. The molecule has 0 spiro atoms. The van der Waals surface area contributed by atoms with Crippen molar-refractivity contribution in [2.75, 3.05) is 26.7 Å². The van der Waals surface area contributed by atoms with Crippen molar-refractivity contribution < 1.29 is 0 Å². The summed E-state index contributed by atoms with van der Waals surface area (Å²) in [6.07, 6.45) is 0. The lowest BCUT2D eigenvalue weighted by molar-refractivity contribution is 0.275. The highest BCUT2D eigenvalue weighted by Crippen LogP contribution is 2.16. The molecule has 0 aliphatic carbocycles. The first-order chi connectivity index (χ1) is 8.13. The minimum absolute atomic E-state index is 0.655. The first-order valence-corrected chi connectivity index (χ1v) is 6.64. The molecule has 0 amide bonds. The van der Waals surface area contributed by atoms with Gasteiger partial charge in [0, 0.05) is 18.1 Å². The van der Waals surface area contributed by atoms with Gasteiger partial charge in [0.15, 0.2) is 0 Å². The molecule has 96 valence electrons. The molecular weight excluding hydrogens is 232 g/mol. The fourth-order valence-electron chi connectivity index (χ4n) is 1.97. The predicted octanol–water partition coefficient (Wildman–Crippen LogP) is 3.02. The summed E-state index contributed by atoms with van der Waals surface area (Å²) in [6, 6.07) is 8.05. The summed E-state index contributed by atoms with van der Waals surface area (Å²) in [4.78, 5) is 2.32. The van der Waals surface area contributed by atoms with Gasteiger partial charge in [-0.2, -0.15) is 0 Å². The third-order valence-electron chi connectivity index (χ3n) is 2.76. The van der Waals surface area contributed by atoms with Crippen LogP contribution in [0.2, 0.25) is 5.02 Å². The van der Waals surface area contributed by atoms with Gasteiger partial charge in [-0.15, -0.1) is 0 Å². The molecule has 1 N–H and O–H groups in total. The zero-order valence-electron chi connectivity index (χ0n) is 11.0. The molecule has 17 heavy (non-hydrogen) atoms. The zero-order valence-corrected chi connectivity index (χ0v) is 11.8. The molecule has 0 saturated carbocycles. The number of nitrogens with one attached hydrogen (secondary N) is 1. The van der Waals surface area contributed by atoms with Crippen molar-refractivity contribution in [2.24, 2.45) is 5.92 Å². The van der Waals surface area contributed by atoms with Gasteiger partial charge in [0.25, 0.3) is 0 Å². The van der Waals surface area contributed by atoms with Gasteiger partial charge in [-0.05, 0) is 37.7 Å². The lowest BCUT2D eigenvalue weighted by Gasteiger charge is -2.22. The summed E-state index contributed by atoms with van der Waals surface area (Å²) in [7, 11) is 2.14. The van der Waals surface area contributed by atoms with Crippen LogP contribution in [0.3, 0.4) is 0 Å². The van der Waals surface area contributed by atoms with Gasteiger partial charge in [-0.3, -0.25) is 0 Å². The Morgan fingerprint density at radius 3 is 2.71 bits per heavy atom. The summed E-state index contributed by atoms with van der Waals surface area (Å²) in [5, 5.41) is 4.24. The number of rotatable bonds is 7. The largest absolute Gasteiger partial charge is 0.317 e. The average molecular weight is 255 g/mol. The SMILES string of the molecule is CCNCC(C)CN(C)Cc1ccccc1Cl. The summed E-state index contributed by atoms with van der Waals surface area (Å²) in [5.41, 5.74) is 1.20. The molecule has 0 bridgehead atoms. The van der Waals surface area contributed by atoms with E-state index < -0.39 is 0 Å². The van der Waals surface area contributed by atoms with Gasteiger partial charge < -0.3 is 10.2 Å². The number of hydrogen-bond donors (Lipinski definition) is 1. The highest BCUT2D eigenvalue weighted by Gasteiger charge is 2.08. The molecule has 0 aliphatic rings. The molecule has 1 unspecified atom stereocenters. The number of hydrogen-bond acceptors (Lipinski definition) is 2. The maximum atomic E-state index is 6.15. The van der Waals surface area contributed by atoms with E-state index in [0.29, 0.717) is 5.92 Å². The lowest BCUT2D eigenvalue weighted by Crippen LogP contribution is -2.30. The third-order valence-corrected chi connectivity index (χ3v) is 3.13. The fourth-order valence-corrected chi connectivity index (χ4v) is 2.16. The topological polar surface area (TPSA) is 15.3 Å². The molecule has 1 atom stereocenters. The van der Waals surface area contributed by atoms with Gasteiger partial charge in [0.2, 0.25) is 0 Å². The minimum atomic E-state index is 0.655. The van der Waals surface area contributed by atoms with Crippen molar-refractivity contribution in [1.82, 2.24) is 10.2 Å². The van der Waals surface area contributed by atoms with E-state index in [2.05, 4.69) is 37.2 Å². The van der Waals surface area contributed by atoms with Crippen LogP contribution in [0.15, 0.2) is 24.3 Å². The van der Waals surface area contributed by atoms with Gasteiger partial charge >= 0.3 is 0 Å². The minimum Gasteiger partial charge on any atom is -0.317 e. The summed E-state index contributed by atoms with van der Waals surface area (Å²) in [5.74, 6) is 0.655. The summed E-state index contributed by atoms with van der Waals surface area (Å²) >= 11 is 6.15. The van der Waals surface area contributed by atoms with E-state index in [1.807, 2.05) is 18.2 Å². The zero-order chi connectivity index (χ0) is 12.7. The Labute approximate surface area is 110 Å². The Morgan fingerprint density at radius 1 is 1.35 bits per heavy atom. The maximum Gasteiger partial charge on any atom is 0.0451 e. The van der Waals surface area contributed by atoms with Gasteiger partial charge in [-0.1, -0.05) is 43.6 Å². The number of halogens is 1. The van der Waals surface area contributed by atoms with Crippen LogP contribution >= 0.6 is 11.6 Å². The molecule has 0 saturated heterocycles. The van der Waals surface area contributed by atoms with Crippen LogP contribution in [-0.4, -0.2) is 31.6 Å². The van der Waals surface area contributed by atoms with Crippen LogP contribution in [0.1, 0.15) is 19.4 Å². The summed E-state index contributed by atoms with van der Waals surface area (Å²) < 4.78 is 0. The smallest absolute Gasteiger partial charge is 0.0451 e. The Hall–Kier alpha value is -0.570. The van der Waals surface area contributed by atoms with Crippen molar-refractivity contribution in [3.8, 4) is 0 Å². The van der Waals surface area contributed by atoms with E-state index in [0.717, 1.165) is 31.2 Å². The van der Waals surface area contributed by atoms with E-state index in [1.165, 1.54) is 5.56 Å². The second kappa shape index (κ2) is 7.70. The van der Waals surface area contributed by atoms with E-state index >= 15 is 0 Å². The predicted molar refractivity (Wildman–Crippen MR) is 75.5 cm³/mol. The molecule has 0 aromatic heterocycles. The first kappa shape index (κ1) is 14.5. The highest BCUT2D eigenvalue weighted by atomic mass is 35.5. The second-order valence-electron chi connectivity index (χ2n) is 4.70. The third kappa shape index (κ3) is 5.53. The molecule has 1 rings (SSSR count). The van der Waals surface area contributed by atoms with Crippen LogP contribution in [-0.2, 0) is 6.54 Å². The Kier molecular flexibility index (Phi) is 6.56. The Balaban J connectivity index is 2.39. The van der Waals surface area contributed by atoms with E-state index in [1.54, 1.807) is 0 Å². The van der Waals surface area contributed by atoms with Crippen LogP contribution in [0.25, 0.3) is 0 Å². The molecule has 3 heteroatoms. The molecule has 0 heterocycles. The maximum absolute atomic E-state index is 6.15. The van der Waals surface area contributed by atoms with Crippen LogP contribution in [0.5, 0.6) is 0 Å². The molecule has 0 fully saturated rings. The molecule has 1 aromatic rings. The van der Waals surface area contributed by atoms with Crippen molar-refractivity contribution in [3.63, 3.8) is 0 Å². The van der Waals surface area contributed by atoms with E-state index in [4.69, 9.17) is 11.6 Å². The fraction of sp³-hybridized carbons (Fsp3) is 0.571. The second-order valence-corrected chi connectivity index (χ2v) is 5.11. The van der Waals surface area contributed by atoms with Crippen molar-refractivity contribution in [3.05, 3.63) is 34.9 Å². The molecule has 0 aliphatic heterocycles. The van der Waals surface area contributed by atoms with E-state index in [-0.39, 0.29) is 0 Å². The van der Waals surface area contributed by atoms with Crippen molar-refractivity contribution >= 4 is 11.6 Å². The standard InChI is InChI=1S/C14H23ClN2/c1-4-16-9-12(2)10-17(3)11-13-7-5-6-8-14(13)15/h5-8,12,16H,4,9-11H2,1-3H3. The average Bonchev–Trinajstić information content (AvgIpc) is 2.29. The van der Waals surface area contributed by atoms with Gasteiger partial charge in [-0.25, -0.2) is 0 Å². The molecule has 0 radical (unpaired) electrons. The monoisotopic (exact) mass is 254 g/mol. The Bertz CT molecular complexity index is 328. The molecule has 2 nitrogen and oxygen atoms in total. The van der Waals surface area contributed by atoms with Crippen LogP contribution in [0.4, 0.5) is 0 Å². The molecule has 1 aromatic carbocycles. The van der Waals surface area contributed by atoms with Crippen molar-refractivity contribution in [2.45, 2.75) is 20.4 Å². The number of benzene rings is 1. The quantitative estimate of drug-likeness (QED) is 0.805. The number of nitrogens with zero attached hydrogens (tertiary/aromatic N) is 1. The van der Waals surface area contributed by atoms with Gasteiger partial charge in [0.05, 0.1) is 0 Å². The normalized spacial score (nSPS) is 13.0. The van der Waals surface area contributed by atoms with E-state index in [9.17, 15) is 0 Å².